The van der Waals surface area contributed by atoms with Crippen molar-refractivity contribution in [2.75, 3.05) is 0 Å². The number of nitrogens with zero attached hydrogens (tertiary/aromatic N) is 3. The summed E-state index contributed by atoms with van der Waals surface area (Å²) in [6.07, 6.45) is 0. The summed E-state index contributed by atoms with van der Waals surface area (Å²) in [6, 6.07) is 40.6. The first-order valence-electron chi connectivity index (χ1n) is 15.4. The van der Waals surface area contributed by atoms with Crippen LogP contribution < -0.4 is 5.46 Å². The van der Waals surface area contributed by atoms with E-state index in [0.717, 1.165) is 55.2 Å². The normalized spacial score (nSPS) is 12.1. The summed E-state index contributed by atoms with van der Waals surface area (Å²) >= 11 is 0. The number of hydrogen-bond donors (Lipinski definition) is 1. The molecule has 0 fully saturated rings. The second-order valence-electron chi connectivity index (χ2n) is 12.6. The quantitative estimate of drug-likeness (QED) is 0.178. The molecule has 0 saturated heterocycles. The molecule has 7 rings (SSSR count). The molecule has 0 amide bonds. The molecule has 5 aromatic carbocycles. The standard InChI is InChI=1S/C39H34BN3O3/c1-38(2,44)39(3,4)46-40-32-24-29(23-31-30-17-11-12-18-33(30)45-34(31)32)25-19-21-28(22-20-25)37-42-35(26-13-7-5-8-14-26)41-36(43-37)27-15-9-6-10-16-27/h5-24,40,44H,1-4H3. The molecule has 7 heteroatoms. The SMILES string of the molecule is CC(C)(O)C(C)(C)OBc1cc(-c2ccc(-c3nc(-c4ccccc4)nc(-c4ccccc4)n3)cc2)cc2c1oc1ccccc12. The molecule has 0 saturated carbocycles. The Morgan fingerprint density at radius 3 is 1.63 bits per heavy atom. The van der Waals surface area contributed by atoms with Crippen LogP contribution in [0.4, 0.5) is 0 Å². The number of hydrogen-bond acceptors (Lipinski definition) is 6. The molecule has 0 unspecified atom stereocenters. The minimum Gasteiger partial charge on any atom is -0.457 e. The average molecular weight is 604 g/mol. The first-order chi connectivity index (χ1) is 22.2. The summed E-state index contributed by atoms with van der Waals surface area (Å²) in [5, 5.41) is 12.8. The summed E-state index contributed by atoms with van der Waals surface area (Å²) in [5.74, 6) is 1.87. The van der Waals surface area contributed by atoms with Gasteiger partial charge in [-0.2, -0.15) is 0 Å². The number of aromatic nitrogens is 3. The molecule has 2 heterocycles. The fraction of sp³-hybridized carbons (Fsp3) is 0.154. The van der Waals surface area contributed by atoms with Gasteiger partial charge < -0.3 is 14.2 Å². The van der Waals surface area contributed by atoms with Gasteiger partial charge in [0.1, 0.15) is 11.2 Å². The van der Waals surface area contributed by atoms with Gasteiger partial charge in [0, 0.05) is 27.5 Å². The van der Waals surface area contributed by atoms with Crippen LogP contribution in [0.2, 0.25) is 0 Å². The monoisotopic (exact) mass is 603 g/mol. The van der Waals surface area contributed by atoms with Gasteiger partial charge >= 0.3 is 7.48 Å². The van der Waals surface area contributed by atoms with Crippen molar-refractivity contribution in [2.24, 2.45) is 0 Å². The van der Waals surface area contributed by atoms with E-state index in [1.165, 1.54) is 0 Å². The third-order valence-electron chi connectivity index (χ3n) is 8.79. The zero-order valence-electron chi connectivity index (χ0n) is 26.4. The van der Waals surface area contributed by atoms with Gasteiger partial charge in [0.05, 0.1) is 11.2 Å². The maximum atomic E-state index is 10.7. The number of fused-ring (bicyclic) bond motifs is 3. The van der Waals surface area contributed by atoms with Crippen LogP contribution in [0.1, 0.15) is 27.7 Å². The van der Waals surface area contributed by atoms with Gasteiger partial charge in [-0.25, -0.2) is 15.0 Å². The molecule has 7 aromatic rings. The van der Waals surface area contributed by atoms with Crippen LogP contribution in [-0.4, -0.2) is 38.7 Å². The van der Waals surface area contributed by atoms with Crippen LogP contribution in [0, 0.1) is 0 Å². The van der Waals surface area contributed by atoms with Gasteiger partial charge in [0.25, 0.3) is 0 Å². The molecule has 0 aliphatic rings. The van der Waals surface area contributed by atoms with Crippen LogP contribution in [0.3, 0.4) is 0 Å². The van der Waals surface area contributed by atoms with Crippen molar-refractivity contribution in [3.63, 3.8) is 0 Å². The Kier molecular flexibility index (Phi) is 7.51. The Morgan fingerprint density at radius 2 is 1.07 bits per heavy atom. The van der Waals surface area contributed by atoms with Crippen LogP contribution in [0.15, 0.2) is 126 Å². The molecule has 46 heavy (non-hydrogen) atoms. The summed E-state index contributed by atoms with van der Waals surface area (Å²) in [5.41, 5.74) is 5.58. The number of rotatable bonds is 8. The van der Waals surface area contributed by atoms with E-state index >= 15 is 0 Å². The number of para-hydroxylation sites is 1. The van der Waals surface area contributed by atoms with Gasteiger partial charge in [0.2, 0.25) is 0 Å². The van der Waals surface area contributed by atoms with E-state index < -0.39 is 11.2 Å². The highest BCUT2D eigenvalue weighted by Crippen LogP contribution is 2.33. The maximum absolute atomic E-state index is 10.7. The van der Waals surface area contributed by atoms with Crippen molar-refractivity contribution in [1.29, 1.82) is 0 Å². The topological polar surface area (TPSA) is 81.3 Å². The smallest absolute Gasteiger partial charge is 0.313 e. The Morgan fingerprint density at radius 1 is 0.565 bits per heavy atom. The van der Waals surface area contributed by atoms with E-state index in [0.29, 0.717) is 17.5 Å². The number of benzene rings is 5. The van der Waals surface area contributed by atoms with Gasteiger partial charge in [-0.15, -0.1) is 0 Å². The van der Waals surface area contributed by atoms with E-state index in [9.17, 15) is 5.11 Å². The van der Waals surface area contributed by atoms with Crippen molar-refractivity contribution in [3.05, 3.63) is 121 Å². The highest BCUT2D eigenvalue weighted by atomic mass is 16.5. The molecule has 0 bridgehead atoms. The zero-order chi connectivity index (χ0) is 31.9. The van der Waals surface area contributed by atoms with Crippen molar-refractivity contribution in [3.8, 4) is 45.3 Å². The molecule has 0 aliphatic heterocycles. The maximum Gasteiger partial charge on any atom is 0.313 e. The third-order valence-corrected chi connectivity index (χ3v) is 8.79. The average Bonchev–Trinajstić information content (AvgIpc) is 3.46. The van der Waals surface area contributed by atoms with Crippen molar-refractivity contribution < 1.29 is 14.2 Å². The molecular formula is C39H34BN3O3. The minimum atomic E-state index is -1.02. The van der Waals surface area contributed by atoms with Gasteiger partial charge in [-0.1, -0.05) is 109 Å². The highest BCUT2D eigenvalue weighted by molar-refractivity contribution is 6.51. The predicted octanol–water partition coefficient (Wildman–Crippen LogP) is 7.98. The van der Waals surface area contributed by atoms with Gasteiger partial charge in [-0.3, -0.25) is 0 Å². The Balaban J connectivity index is 1.29. The molecule has 226 valence electrons. The van der Waals surface area contributed by atoms with E-state index in [1.54, 1.807) is 13.8 Å². The van der Waals surface area contributed by atoms with Gasteiger partial charge in [0.15, 0.2) is 17.5 Å². The second kappa shape index (κ2) is 11.7. The van der Waals surface area contributed by atoms with Crippen molar-refractivity contribution in [1.82, 2.24) is 15.0 Å². The lowest BCUT2D eigenvalue weighted by molar-refractivity contribution is -0.0893. The molecule has 2 aromatic heterocycles. The molecule has 6 nitrogen and oxygen atoms in total. The molecule has 1 N–H and O–H groups in total. The summed E-state index contributed by atoms with van der Waals surface area (Å²) in [7, 11) is 0.286. The largest absolute Gasteiger partial charge is 0.457 e. The highest BCUT2D eigenvalue weighted by Gasteiger charge is 2.36. The van der Waals surface area contributed by atoms with E-state index in [1.807, 2.05) is 92.7 Å². The van der Waals surface area contributed by atoms with Crippen LogP contribution >= 0.6 is 0 Å². The molecular weight excluding hydrogens is 569 g/mol. The summed E-state index contributed by atoms with van der Waals surface area (Å²) < 4.78 is 12.6. The summed E-state index contributed by atoms with van der Waals surface area (Å²) in [6.45, 7) is 7.33. The number of furan rings is 1. The third kappa shape index (κ3) is 5.71. The predicted molar refractivity (Wildman–Crippen MR) is 187 cm³/mol. The Labute approximate surface area is 269 Å². The van der Waals surface area contributed by atoms with Crippen LogP contribution in [-0.2, 0) is 4.65 Å². The number of aliphatic hydroxyl groups is 1. The van der Waals surface area contributed by atoms with Crippen LogP contribution in [0.25, 0.3) is 67.2 Å². The Bertz CT molecular complexity index is 2100. The van der Waals surface area contributed by atoms with E-state index in [2.05, 4.69) is 42.5 Å². The van der Waals surface area contributed by atoms with Crippen LogP contribution in [0.5, 0.6) is 0 Å². The minimum absolute atomic E-state index is 0.286. The lowest BCUT2D eigenvalue weighted by Gasteiger charge is -2.37. The van der Waals surface area contributed by atoms with Gasteiger partial charge in [-0.05, 0) is 56.4 Å². The van der Waals surface area contributed by atoms with Crippen molar-refractivity contribution >= 4 is 34.9 Å². The Hall–Kier alpha value is -5.11. The molecule has 0 atom stereocenters. The molecule has 0 spiro atoms. The lowest BCUT2D eigenvalue weighted by Crippen LogP contribution is -2.49. The summed E-state index contributed by atoms with van der Waals surface area (Å²) in [4.78, 5) is 14.6. The molecule has 0 aliphatic carbocycles. The second-order valence-corrected chi connectivity index (χ2v) is 12.6. The fourth-order valence-electron chi connectivity index (χ4n) is 5.36. The first-order valence-corrected chi connectivity index (χ1v) is 15.4. The molecule has 0 radical (unpaired) electrons. The fourth-order valence-corrected chi connectivity index (χ4v) is 5.36. The van der Waals surface area contributed by atoms with E-state index in [-0.39, 0.29) is 7.48 Å². The first kappa shape index (κ1) is 29.6. The zero-order valence-corrected chi connectivity index (χ0v) is 26.4. The van der Waals surface area contributed by atoms with Crippen molar-refractivity contribution in [2.45, 2.75) is 38.9 Å². The lowest BCUT2D eigenvalue weighted by atomic mass is 9.80. The van der Waals surface area contributed by atoms with E-state index in [4.69, 9.17) is 24.0 Å².